The van der Waals surface area contributed by atoms with E-state index in [1.165, 1.54) is 27.8 Å². The minimum absolute atomic E-state index is 0.0433. The smallest absolute Gasteiger partial charge is 0.407 e. The number of benzene rings is 3. The summed E-state index contributed by atoms with van der Waals surface area (Å²) in [6.07, 6.45) is 4.01. The molecule has 3 aromatic carbocycles. The average molecular weight is 375 g/mol. The Morgan fingerprint density at radius 3 is 2.54 bits per heavy atom. The number of likely N-dealkylation sites (tertiary alicyclic amines) is 1. The third-order valence-electron chi connectivity index (χ3n) is 5.54. The van der Waals surface area contributed by atoms with Gasteiger partial charge in [0.05, 0.1) is 0 Å². The molecule has 1 aliphatic rings. The number of piperidine rings is 1. The van der Waals surface area contributed by atoms with Crippen molar-refractivity contribution in [1.29, 1.82) is 0 Å². The fourth-order valence-corrected chi connectivity index (χ4v) is 4.02. The van der Waals surface area contributed by atoms with Gasteiger partial charge in [0.1, 0.15) is 5.82 Å². The Labute approximate surface area is 163 Å². The van der Waals surface area contributed by atoms with Crippen molar-refractivity contribution >= 4 is 22.9 Å². The summed E-state index contributed by atoms with van der Waals surface area (Å²) in [6.45, 7) is 0.944. The average Bonchev–Trinajstić information content (AvgIpc) is 2.72. The standard InChI is InChI=1S/C24H22FNO2/c25-22-11-9-19(10-12-22)23-13-14-26(24(27)28)16-21(23)8-6-17-5-7-18-3-1-2-4-20(18)15-17/h1-12,15,21,23H,13-14,16H2,(H,27,28). The maximum absolute atomic E-state index is 13.3. The molecule has 3 nitrogen and oxygen atoms in total. The van der Waals surface area contributed by atoms with Crippen LogP contribution in [-0.4, -0.2) is 29.2 Å². The van der Waals surface area contributed by atoms with Gasteiger partial charge in [0.2, 0.25) is 0 Å². The largest absolute Gasteiger partial charge is 0.465 e. The maximum Gasteiger partial charge on any atom is 0.407 e. The molecule has 0 aromatic heterocycles. The highest BCUT2D eigenvalue weighted by molar-refractivity contribution is 5.84. The van der Waals surface area contributed by atoms with E-state index in [-0.39, 0.29) is 17.7 Å². The molecule has 0 spiro atoms. The van der Waals surface area contributed by atoms with E-state index >= 15 is 0 Å². The molecule has 1 fully saturated rings. The first-order chi connectivity index (χ1) is 13.6. The normalized spacial score (nSPS) is 20.0. The van der Waals surface area contributed by atoms with Crippen molar-refractivity contribution in [3.8, 4) is 0 Å². The van der Waals surface area contributed by atoms with Gasteiger partial charge in [0.15, 0.2) is 0 Å². The van der Waals surface area contributed by atoms with Crippen LogP contribution in [0.2, 0.25) is 0 Å². The topological polar surface area (TPSA) is 40.5 Å². The molecule has 1 saturated heterocycles. The van der Waals surface area contributed by atoms with Crippen molar-refractivity contribution in [1.82, 2.24) is 4.90 Å². The van der Waals surface area contributed by atoms with Crippen molar-refractivity contribution in [3.05, 3.63) is 89.8 Å². The summed E-state index contributed by atoms with van der Waals surface area (Å²) in [5, 5.41) is 11.8. The minimum atomic E-state index is -0.887. The summed E-state index contributed by atoms with van der Waals surface area (Å²) in [7, 11) is 0. The van der Waals surface area contributed by atoms with Crippen LogP contribution in [0.3, 0.4) is 0 Å². The molecule has 1 amide bonds. The van der Waals surface area contributed by atoms with Crippen molar-refractivity contribution in [2.24, 2.45) is 5.92 Å². The van der Waals surface area contributed by atoms with E-state index in [9.17, 15) is 14.3 Å². The van der Waals surface area contributed by atoms with E-state index < -0.39 is 6.09 Å². The molecule has 0 radical (unpaired) electrons. The minimum Gasteiger partial charge on any atom is -0.465 e. The van der Waals surface area contributed by atoms with Gasteiger partial charge in [0.25, 0.3) is 0 Å². The Hall–Kier alpha value is -3.14. The third kappa shape index (κ3) is 3.91. The van der Waals surface area contributed by atoms with Gasteiger partial charge in [-0.3, -0.25) is 0 Å². The fraction of sp³-hybridized carbons (Fsp3) is 0.208. The quantitative estimate of drug-likeness (QED) is 0.631. The molecule has 142 valence electrons. The summed E-state index contributed by atoms with van der Waals surface area (Å²) >= 11 is 0. The Balaban J connectivity index is 1.61. The second-order valence-corrected chi connectivity index (χ2v) is 7.30. The molecular weight excluding hydrogens is 353 g/mol. The molecule has 0 bridgehead atoms. The maximum atomic E-state index is 13.3. The van der Waals surface area contributed by atoms with Gasteiger partial charge in [-0.2, -0.15) is 0 Å². The lowest BCUT2D eigenvalue weighted by atomic mass is 9.80. The van der Waals surface area contributed by atoms with Crippen LogP contribution in [0.5, 0.6) is 0 Å². The van der Waals surface area contributed by atoms with Crippen LogP contribution in [0.4, 0.5) is 9.18 Å². The SMILES string of the molecule is O=C(O)N1CCC(c2ccc(F)cc2)C(C=Cc2ccc3ccccc3c2)C1. The van der Waals surface area contributed by atoms with Gasteiger partial charge in [-0.25, -0.2) is 9.18 Å². The number of hydrogen-bond donors (Lipinski definition) is 1. The van der Waals surface area contributed by atoms with E-state index in [1.807, 2.05) is 24.3 Å². The zero-order valence-electron chi connectivity index (χ0n) is 15.5. The summed E-state index contributed by atoms with van der Waals surface area (Å²) < 4.78 is 13.3. The first-order valence-electron chi connectivity index (χ1n) is 9.50. The highest BCUT2D eigenvalue weighted by atomic mass is 19.1. The molecule has 28 heavy (non-hydrogen) atoms. The summed E-state index contributed by atoms with van der Waals surface area (Å²) in [4.78, 5) is 12.9. The number of carboxylic acid groups (broad SMARTS) is 1. The first-order valence-corrected chi connectivity index (χ1v) is 9.50. The van der Waals surface area contributed by atoms with Crippen LogP contribution in [0.15, 0.2) is 72.8 Å². The molecule has 4 rings (SSSR count). The molecule has 0 aliphatic carbocycles. The van der Waals surface area contributed by atoms with E-state index in [0.717, 1.165) is 17.5 Å². The molecular formula is C24H22FNO2. The third-order valence-corrected chi connectivity index (χ3v) is 5.54. The first kappa shape index (κ1) is 18.2. The van der Waals surface area contributed by atoms with Crippen LogP contribution < -0.4 is 0 Å². The van der Waals surface area contributed by atoms with Gasteiger partial charge >= 0.3 is 6.09 Å². The second kappa shape index (κ2) is 7.85. The second-order valence-electron chi connectivity index (χ2n) is 7.30. The Kier molecular flexibility index (Phi) is 5.11. The predicted octanol–water partition coefficient (Wildman–Crippen LogP) is 5.78. The summed E-state index contributed by atoms with van der Waals surface area (Å²) in [5.74, 6) is -0.0373. The number of halogens is 1. The Morgan fingerprint density at radius 2 is 1.79 bits per heavy atom. The molecule has 1 heterocycles. The molecule has 4 heteroatoms. The summed E-state index contributed by atoms with van der Waals surface area (Å²) in [6, 6.07) is 21.1. The fourth-order valence-electron chi connectivity index (χ4n) is 4.02. The molecule has 3 aromatic rings. The van der Waals surface area contributed by atoms with Crippen LogP contribution in [0, 0.1) is 11.7 Å². The number of amides is 1. The summed E-state index contributed by atoms with van der Waals surface area (Å²) in [5.41, 5.74) is 2.14. The highest BCUT2D eigenvalue weighted by Crippen LogP contribution is 2.34. The van der Waals surface area contributed by atoms with Crippen molar-refractivity contribution in [2.45, 2.75) is 12.3 Å². The number of hydrogen-bond acceptors (Lipinski definition) is 1. The van der Waals surface area contributed by atoms with Crippen molar-refractivity contribution in [3.63, 3.8) is 0 Å². The van der Waals surface area contributed by atoms with Gasteiger partial charge < -0.3 is 10.0 Å². The molecule has 1 aliphatic heterocycles. The lowest BCUT2D eigenvalue weighted by Gasteiger charge is -2.36. The lowest BCUT2D eigenvalue weighted by Crippen LogP contribution is -2.41. The monoisotopic (exact) mass is 375 g/mol. The zero-order valence-corrected chi connectivity index (χ0v) is 15.5. The van der Waals surface area contributed by atoms with E-state index in [0.29, 0.717) is 13.1 Å². The van der Waals surface area contributed by atoms with Crippen LogP contribution in [0.1, 0.15) is 23.5 Å². The molecule has 0 saturated carbocycles. The van der Waals surface area contributed by atoms with E-state index in [2.05, 4.69) is 42.5 Å². The molecule has 2 unspecified atom stereocenters. The van der Waals surface area contributed by atoms with Crippen LogP contribution in [-0.2, 0) is 0 Å². The Bertz CT molecular complexity index is 1010. The van der Waals surface area contributed by atoms with Gasteiger partial charge in [-0.05, 0) is 52.4 Å². The van der Waals surface area contributed by atoms with Crippen molar-refractivity contribution < 1.29 is 14.3 Å². The van der Waals surface area contributed by atoms with Gasteiger partial charge in [-0.1, -0.05) is 60.7 Å². The van der Waals surface area contributed by atoms with Gasteiger partial charge in [-0.15, -0.1) is 0 Å². The van der Waals surface area contributed by atoms with Crippen LogP contribution in [0.25, 0.3) is 16.8 Å². The number of fused-ring (bicyclic) bond motifs is 1. The molecule has 2 atom stereocenters. The van der Waals surface area contributed by atoms with Gasteiger partial charge in [0, 0.05) is 19.0 Å². The Morgan fingerprint density at radius 1 is 1.04 bits per heavy atom. The van der Waals surface area contributed by atoms with Crippen molar-refractivity contribution in [2.75, 3.05) is 13.1 Å². The van der Waals surface area contributed by atoms with E-state index in [4.69, 9.17) is 0 Å². The zero-order chi connectivity index (χ0) is 19.5. The van der Waals surface area contributed by atoms with E-state index in [1.54, 1.807) is 0 Å². The number of rotatable bonds is 3. The predicted molar refractivity (Wildman–Crippen MR) is 110 cm³/mol. The van der Waals surface area contributed by atoms with Crippen LogP contribution >= 0.6 is 0 Å². The molecule has 1 N–H and O–H groups in total. The number of nitrogens with zero attached hydrogens (tertiary/aromatic N) is 1. The lowest BCUT2D eigenvalue weighted by molar-refractivity contribution is 0.121. The number of carbonyl (C=O) groups is 1. The highest BCUT2D eigenvalue weighted by Gasteiger charge is 2.30.